The molecule has 4 aromatic rings. The van der Waals surface area contributed by atoms with Crippen LogP contribution in [0.3, 0.4) is 0 Å². The fourth-order valence-corrected chi connectivity index (χ4v) is 3.58. The van der Waals surface area contributed by atoms with E-state index in [4.69, 9.17) is 10.5 Å². The topological polar surface area (TPSA) is 116 Å². The number of anilines is 1. The van der Waals surface area contributed by atoms with Gasteiger partial charge in [0.25, 0.3) is 11.8 Å². The highest BCUT2D eigenvalue weighted by Gasteiger charge is 2.18. The Balaban J connectivity index is 1.72. The van der Waals surface area contributed by atoms with Crippen molar-refractivity contribution in [2.45, 2.75) is 6.54 Å². The van der Waals surface area contributed by atoms with Crippen molar-refractivity contribution >= 4 is 34.2 Å². The van der Waals surface area contributed by atoms with E-state index >= 15 is 0 Å². The molecule has 9 heteroatoms. The van der Waals surface area contributed by atoms with Crippen LogP contribution in [0.25, 0.3) is 21.6 Å². The Morgan fingerprint density at radius 1 is 1.14 bits per heavy atom. The first-order valence-corrected chi connectivity index (χ1v) is 9.20. The molecule has 140 valence electrons. The molecule has 0 radical (unpaired) electrons. The highest BCUT2D eigenvalue weighted by Crippen LogP contribution is 2.33. The lowest BCUT2D eigenvalue weighted by molar-refractivity contribution is 0.100. The van der Waals surface area contributed by atoms with Gasteiger partial charge in [0.15, 0.2) is 11.6 Å². The SMILES string of the molecule is COc1nnc(-c2snc3c(C(N)=O)cccc23)nc1NCc1ccccc1. The molecule has 0 bridgehead atoms. The van der Waals surface area contributed by atoms with Gasteiger partial charge >= 0.3 is 0 Å². The van der Waals surface area contributed by atoms with Crippen LogP contribution in [0.1, 0.15) is 15.9 Å². The quantitative estimate of drug-likeness (QED) is 0.518. The normalized spacial score (nSPS) is 10.8. The van der Waals surface area contributed by atoms with Gasteiger partial charge in [0.1, 0.15) is 4.88 Å². The van der Waals surface area contributed by atoms with Crippen molar-refractivity contribution in [3.05, 3.63) is 59.7 Å². The van der Waals surface area contributed by atoms with Crippen molar-refractivity contribution in [2.24, 2.45) is 5.73 Å². The fraction of sp³-hybridized carbons (Fsp3) is 0.105. The predicted molar refractivity (Wildman–Crippen MR) is 107 cm³/mol. The van der Waals surface area contributed by atoms with E-state index in [-0.39, 0.29) is 0 Å². The molecule has 8 nitrogen and oxygen atoms in total. The molecule has 2 aromatic heterocycles. The van der Waals surface area contributed by atoms with Gasteiger partial charge in [-0.1, -0.05) is 42.5 Å². The third-order valence-corrected chi connectivity index (χ3v) is 4.99. The largest absolute Gasteiger partial charge is 0.477 e. The van der Waals surface area contributed by atoms with Gasteiger partial charge < -0.3 is 15.8 Å². The van der Waals surface area contributed by atoms with Gasteiger partial charge in [0, 0.05) is 11.9 Å². The van der Waals surface area contributed by atoms with E-state index in [0.29, 0.717) is 40.0 Å². The number of nitrogens with two attached hydrogens (primary N) is 1. The Labute approximate surface area is 164 Å². The molecule has 2 heterocycles. The second-order valence-electron chi connectivity index (χ2n) is 5.91. The molecule has 0 aliphatic heterocycles. The third kappa shape index (κ3) is 3.35. The minimum atomic E-state index is -0.526. The van der Waals surface area contributed by atoms with Crippen molar-refractivity contribution in [3.8, 4) is 16.6 Å². The van der Waals surface area contributed by atoms with Crippen LogP contribution in [0.2, 0.25) is 0 Å². The Morgan fingerprint density at radius 2 is 1.96 bits per heavy atom. The van der Waals surface area contributed by atoms with Crippen LogP contribution in [0, 0.1) is 0 Å². The molecule has 0 atom stereocenters. The maximum absolute atomic E-state index is 11.6. The van der Waals surface area contributed by atoms with Gasteiger partial charge in [-0.25, -0.2) is 4.98 Å². The molecule has 0 unspecified atom stereocenters. The molecule has 4 rings (SSSR count). The van der Waals surface area contributed by atoms with Gasteiger partial charge in [-0.15, -0.1) is 10.2 Å². The number of ether oxygens (including phenoxy) is 1. The summed E-state index contributed by atoms with van der Waals surface area (Å²) in [5.41, 5.74) is 7.44. The molecule has 28 heavy (non-hydrogen) atoms. The summed E-state index contributed by atoms with van der Waals surface area (Å²) >= 11 is 1.19. The highest BCUT2D eigenvalue weighted by molar-refractivity contribution is 7.11. The van der Waals surface area contributed by atoms with Crippen molar-refractivity contribution in [1.29, 1.82) is 0 Å². The second kappa shape index (κ2) is 7.57. The van der Waals surface area contributed by atoms with Crippen LogP contribution >= 0.6 is 11.5 Å². The van der Waals surface area contributed by atoms with Crippen LogP contribution in [0.15, 0.2) is 48.5 Å². The first kappa shape index (κ1) is 17.8. The number of aromatic nitrogens is 4. The summed E-state index contributed by atoms with van der Waals surface area (Å²) in [4.78, 5) is 16.9. The average molecular weight is 392 g/mol. The number of hydrogen-bond acceptors (Lipinski definition) is 8. The zero-order valence-electron chi connectivity index (χ0n) is 14.9. The van der Waals surface area contributed by atoms with E-state index < -0.39 is 5.91 Å². The third-order valence-electron chi connectivity index (χ3n) is 4.13. The van der Waals surface area contributed by atoms with E-state index in [1.807, 2.05) is 36.4 Å². The van der Waals surface area contributed by atoms with Crippen LogP contribution in [-0.2, 0) is 6.54 Å². The predicted octanol–water partition coefficient (Wildman–Crippen LogP) is 2.87. The number of primary amides is 1. The second-order valence-corrected chi connectivity index (χ2v) is 6.68. The molecule has 0 aliphatic carbocycles. The molecule has 0 fully saturated rings. The van der Waals surface area contributed by atoms with Crippen molar-refractivity contribution in [1.82, 2.24) is 19.6 Å². The van der Waals surface area contributed by atoms with Crippen LogP contribution in [-0.4, -0.2) is 32.6 Å². The van der Waals surface area contributed by atoms with Gasteiger partial charge in [0.2, 0.25) is 0 Å². The minimum Gasteiger partial charge on any atom is -0.477 e. The van der Waals surface area contributed by atoms with Gasteiger partial charge in [0.05, 0.1) is 18.2 Å². The molecule has 0 saturated heterocycles. The maximum atomic E-state index is 11.6. The molecule has 2 aromatic carbocycles. The lowest BCUT2D eigenvalue weighted by atomic mass is 10.1. The van der Waals surface area contributed by atoms with E-state index in [0.717, 1.165) is 10.9 Å². The summed E-state index contributed by atoms with van der Waals surface area (Å²) in [6.45, 7) is 0.560. The first-order valence-electron chi connectivity index (χ1n) is 8.42. The molecular weight excluding hydrogens is 376 g/mol. The number of fused-ring (bicyclic) bond motifs is 1. The van der Waals surface area contributed by atoms with E-state index in [9.17, 15) is 4.79 Å². The Bertz CT molecular complexity index is 1150. The summed E-state index contributed by atoms with van der Waals surface area (Å²) in [6, 6.07) is 15.2. The van der Waals surface area contributed by atoms with Crippen LogP contribution in [0.5, 0.6) is 5.88 Å². The molecule has 1 amide bonds. The maximum Gasteiger partial charge on any atom is 0.276 e. The molecule has 3 N–H and O–H groups in total. The number of hydrogen-bond donors (Lipinski definition) is 2. The summed E-state index contributed by atoms with van der Waals surface area (Å²) in [5.74, 6) is 0.641. The molecular formula is C19H16N6O2S. The van der Waals surface area contributed by atoms with E-state index in [1.165, 1.54) is 18.6 Å². The minimum absolute atomic E-state index is 0.298. The monoisotopic (exact) mass is 392 g/mol. The zero-order valence-corrected chi connectivity index (χ0v) is 15.7. The van der Waals surface area contributed by atoms with E-state index in [2.05, 4.69) is 24.9 Å². The number of benzene rings is 2. The highest BCUT2D eigenvalue weighted by atomic mass is 32.1. The van der Waals surface area contributed by atoms with Crippen molar-refractivity contribution < 1.29 is 9.53 Å². The summed E-state index contributed by atoms with van der Waals surface area (Å²) in [7, 11) is 1.51. The number of nitrogens with zero attached hydrogens (tertiary/aromatic N) is 4. The molecule has 0 aliphatic rings. The van der Waals surface area contributed by atoms with Gasteiger partial charge in [-0.05, 0) is 23.2 Å². The van der Waals surface area contributed by atoms with Crippen LogP contribution < -0.4 is 15.8 Å². The number of nitrogens with one attached hydrogen (secondary N) is 1. The lowest BCUT2D eigenvalue weighted by Gasteiger charge is -2.09. The number of carbonyl (C=O) groups excluding carboxylic acids is 1. The van der Waals surface area contributed by atoms with Crippen molar-refractivity contribution in [2.75, 3.05) is 12.4 Å². The first-order chi connectivity index (χ1) is 13.7. The zero-order chi connectivity index (χ0) is 19.5. The Morgan fingerprint density at radius 3 is 2.71 bits per heavy atom. The molecule has 0 saturated carbocycles. The molecule has 0 spiro atoms. The standard InChI is InChI=1S/C19H16N6O2S/c1-27-19-18(21-10-11-6-3-2-4-7-11)22-17(23-24-19)15-12-8-5-9-13(16(20)26)14(12)25-28-15/h2-9H,10H2,1H3,(H2,20,26)(H,21,22,23). The van der Waals surface area contributed by atoms with Gasteiger partial charge in [-0.3, -0.25) is 4.79 Å². The lowest BCUT2D eigenvalue weighted by Crippen LogP contribution is -2.11. The summed E-state index contributed by atoms with van der Waals surface area (Å²) in [6.07, 6.45) is 0. The number of amides is 1. The van der Waals surface area contributed by atoms with Crippen molar-refractivity contribution in [3.63, 3.8) is 0 Å². The summed E-state index contributed by atoms with van der Waals surface area (Å²) in [5, 5.41) is 12.3. The average Bonchev–Trinajstić information content (AvgIpc) is 3.17. The number of carbonyl (C=O) groups is 1. The van der Waals surface area contributed by atoms with Gasteiger partial charge in [-0.2, -0.15) is 4.37 Å². The smallest absolute Gasteiger partial charge is 0.276 e. The Kier molecular flexibility index (Phi) is 4.81. The summed E-state index contributed by atoms with van der Waals surface area (Å²) < 4.78 is 9.64. The van der Waals surface area contributed by atoms with E-state index in [1.54, 1.807) is 12.1 Å². The Hall–Kier alpha value is -3.59. The fourth-order valence-electron chi connectivity index (χ4n) is 2.77. The number of methoxy groups -OCH3 is 1. The number of rotatable bonds is 6. The van der Waals surface area contributed by atoms with Crippen LogP contribution in [0.4, 0.5) is 5.82 Å².